The van der Waals surface area contributed by atoms with E-state index < -0.39 is 0 Å². The van der Waals surface area contributed by atoms with Crippen LogP contribution in [-0.4, -0.2) is 27.4 Å². The molecule has 2 aliphatic heterocycles. The Kier molecular flexibility index (Phi) is 3.65. The van der Waals surface area contributed by atoms with Crippen LogP contribution in [0.4, 0.5) is 0 Å². The first-order valence-electron chi connectivity index (χ1n) is 12.2. The number of nitrogens with zero attached hydrogens (tertiary/aromatic N) is 1. The lowest BCUT2D eigenvalue weighted by atomic mass is 9.58. The molecule has 0 unspecified atom stereocenters. The maximum atomic E-state index is 10.4. The van der Waals surface area contributed by atoms with Gasteiger partial charge in [0.15, 0.2) is 0 Å². The summed E-state index contributed by atoms with van der Waals surface area (Å²) in [6.07, 6.45) is 17.1. The molecule has 0 amide bonds. The number of rotatable bonds is 1. The van der Waals surface area contributed by atoms with Crippen LogP contribution < -0.4 is 0 Å². The molecule has 5 aliphatic rings. The lowest BCUT2D eigenvalue weighted by Crippen LogP contribution is -2.54. The van der Waals surface area contributed by atoms with Crippen LogP contribution in [0.5, 0.6) is 0 Å². The summed E-state index contributed by atoms with van der Waals surface area (Å²) in [6.45, 7) is 2.52. The van der Waals surface area contributed by atoms with E-state index in [1.165, 1.54) is 40.3 Å². The van der Waals surface area contributed by atoms with Gasteiger partial charge in [-0.25, -0.2) is 0 Å². The van der Waals surface area contributed by atoms with Crippen LogP contribution in [0.25, 0.3) is 10.8 Å². The topological polar surface area (TPSA) is 42.4 Å². The predicted octanol–water partition coefficient (Wildman–Crippen LogP) is 5.84. The molecule has 3 heteroatoms. The van der Waals surface area contributed by atoms with Crippen LogP contribution in [0.1, 0.15) is 69.8 Å². The van der Waals surface area contributed by atoms with Crippen molar-refractivity contribution in [2.75, 3.05) is 0 Å². The van der Waals surface area contributed by atoms with E-state index in [0.717, 1.165) is 38.5 Å². The predicted molar refractivity (Wildman–Crippen MR) is 122 cm³/mol. The van der Waals surface area contributed by atoms with Crippen molar-refractivity contribution in [2.45, 2.75) is 81.5 Å². The molecule has 3 aliphatic carbocycles. The summed E-state index contributed by atoms with van der Waals surface area (Å²) in [5.74, 6) is 1.10. The van der Waals surface area contributed by atoms with E-state index in [0.29, 0.717) is 11.8 Å². The molecular weight excluding hydrogens is 382 g/mol. The molecule has 6 atom stereocenters. The minimum Gasteiger partial charge on any atom is -0.393 e. The number of benzene rings is 1. The second kappa shape index (κ2) is 6.08. The minimum atomic E-state index is -0.213. The molecule has 7 rings (SSSR count). The SMILES string of the molecule is C[C@@]12CC=C3C=C4CC[C@H](O)C[C@]45CC[C@]3(O5)[C@H]1CC[C@@H]2c1ccc2ccncc2c1. The van der Waals surface area contributed by atoms with Crippen LogP contribution in [0.15, 0.2) is 60.0 Å². The third-order valence-electron chi connectivity index (χ3n) is 9.72. The van der Waals surface area contributed by atoms with Crippen LogP contribution >= 0.6 is 0 Å². The van der Waals surface area contributed by atoms with Gasteiger partial charge in [0.05, 0.1) is 17.3 Å². The molecule has 3 nitrogen and oxygen atoms in total. The molecule has 1 aromatic heterocycles. The lowest BCUT2D eigenvalue weighted by molar-refractivity contribution is -0.144. The van der Waals surface area contributed by atoms with Gasteiger partial charge in [-0.05, 0) is 96.4 Å². The second-order valence-electron chi connectivity index (χ2n) is 11.1. The fourth-order valence-electron chi connectivity index (χ4n) is 8.25. The Bertz CT molecular complexity index is 1150. The Morgan fingerprint density at radius 3 is 2.97 bits per heavy atom. The standard InChI is InChI=1S/C28H31NO2/c1-26-10-8-22-15-21-4-5-23(30)16-27(21)11-12-28(22,31-27)25(26)7-6-24(26)19-3-2-18-9-13-29-17-20(18)14-19/h2-3,8-9,13-15,17,23-25,30H,4-7,10-12,16H2,1H3/t23-,24+,25-,26-,27+,28+/m0/s1. The third kappa shape index (κ3) is 2.34. The monoisotopic (exact) mass is 413 g/mol. The quantitative estimate of drug-likeness (QED) is 0.639. The smallest absolute Gasteiger partial charge is 0.0974 e. The van der Waals surface area contributed by atoms with Gasteiger partial charge in [-0.1, -0.05) is 31.2 Å². The van der Waals surface area contributed by atoms with Crippen LogP contribution in [-0.2, 0) is 4.74 Å². The highest BCUT2D eigenvalue weighted by Gasteiger charge is 2.66. The van der Waals surface area contributed by atoms with E-state index in [4.69, 9.17) is 4.74 Å². The molecule has 3 heterocycles. The van der Waals surface area contributed by atoms with Crippen molar-refractivity contribution in [1.82, 2.24) is 4.98 Å². The molecule has 2 aromatic rings. The average molecular weight is 414 g/mol. The van der Waals surface area contributed by atoms with E-state index in [1.807, 2.05) is 12.4 Å². The van der Waals surface area contributed by atoms with Gasteiger partial charge < -0.3 is 9.84 Å². The molecule has 0 radical (unpaired) electrons. The molecule has 160 valence electrons. The lowest BCUT2D eigenvalue weighted by Gasteiger charge is -2.54. The van der Waals surface area contributed by atoms with E-state index in [-0.39, 0.29) is 22.7 Å². The van der Waals surface area contributed by atoms with Crippen molar-refractivity contribution in [3.05, 3.63) is 65.5 Å². The summed E-state index contributed by atoms with van der Waals surface area (Å²) in [7, 11) is 0. The highest BCUT2D eigenvalue weighted by molar-refractivity contribution is 5.82. The van der Waals surface area contributed by atoms with Crippen molar-refractivity contribution in [3.8, 4) is 0 Å². The summed E-state index contributed by atoms with van der Waals surface area (Å²) in [5.41, 5.74) is 4.26. The number of hydrogen-bond donors (Lipinski definition) is 1. The summed E-state index contributed by atoms with van der Waals surface area (Å²) >= 11 is 0. The van der Waals surface area contributed by atoms with Crippen molar-refractivity contribution in [1.29, 1.82) is 0 Å². The largest absolute Gasteiger partial charge is 0.393 e. The van der Waals surface area contributed by atoms with Gasteiger partial charge in [-0.3, -0.25) is 4.98 Å². The van der Waals surface area contributed by atoms with Gasteiger partial charge in [-0.15, -0.1) is 0 Å². The molecule has 31 heavy (non-hydrogen) atoms. The van der Waals surface area contributed by atoms with E-state index in [2.05, 4.69) is 48.3 Å². The normalized spacial score (nSPS) is 43.1. The van der Waals surface area contributed by atoms with Crippen LogP contribution in [0.2, 0.25) is 0 Å². The van der Waals surface area contributed by atoms with Gasteiger partial charge >= 0.3 is 0 Å². The maximum absolute atomic E-state index is 10.4. The molecule has 2 bridgehead atoms. The molecule has 1 N–H and O–H groups in total. The first kappa shape index (κ1) is 18.6. The number of aliphatic hydroxyl groups is 1. The third-order valence-corrected chi connectivity index (χ3v) is 9.72. The summed E-state index contributed by atoms with van der Waals surface area (Å²) < 4.78 is 7.18. The molecule has 3 fully saturated rings. The molecule has 2 spiro atoms. The fraction of sp³-hybridized carbons (Fsp3) is 0.536. The summed E-state index contributed by atoms with van der Waals surface area (Å²) in [5, 5.41) is 13.0. The zero-order valence-electron chi connectivity index (χ0n) is 18.3. The molecular formula is C28H31NO2. The highest BCUT2D eigenvalue weighted by Crippen LogP contribution is 2.69. The van der Waals surface area contributed by atoms with Crippen molar-refractivity contribution >= 4 is 10.8 Å². The van der Waals surface area contributed by atoms with Crippen LogP contribution in [0, 0.1) is 11.3 Å². The summed E-state index contributed by atoms with van der Waals surface area (Å²) in [4.78, 5) is 4.35. The Hall–Kier alpha value is -1.97. The molecule has 1 aromatic carbocycles. The first-order chi connectivity index (χ1) is 15.0. The van der Waals surface area contributed by atoms with Gasteiger partial charge in [0.2, 0.25) is 0 Å². The minimum absolute atomic E-state index is 0.138. The Morgan fingerprint density at radius 1 is 1.10 bits per heavy atom. The van der Waals surface area contributed by atoms with Gasteiger partial charge in [0.25, 0.3) is 0 Å². The highest BCUT2D eigenvalue weighted by atomic mass is 16.5. The number of fused-ring (bicyclic) bond motifs is 2. The Labute approximate surface area is 184 Å². The van der Waals surface area contributed by atoms with E-state index in [1.54, 1.807) is 0 Å². The fourth-order valence-corrected chi connectivity index (χ4v) is 8.25. The van der Waals surface area contributed by atoms with Crippen LogP contribution in [0.3, 0.4) is 0 Å². The number of pyridine rings is 1. The number of hydrogen-bond acceptors (Lipinski definition) is 3. The van der Waals surface area contributed by atoms with E-state index >= 15 is 0 Å². The molecule has 2 saturated carbocycles. The molecule has 1 saturated heterocycles. The zero-order chi connectivity index (χ0) is 20.8. The van der Waals surface area contributed by atoms with Crippen molar-refractivity contribution < 1.29 is 9.84 Å². The number of aromatic nitrogens is 1. The van der Waals surface area contributed by atoms with Crippen molar-refractivity contribution in [3.63, 3.8) is 0 Å². The Morgan fingerprint density at radius 2 is 2.03 bits per heavy atom. The van der Waals surface area contributed by atoms with Gasteiger partial charge in [-0.2, -0.15) is 0 Å². The second-order valence-corrected chi connectivity index (χ2v) is 11.1. The first-order valence-corrected chi connectivity index (χ1v) is 12.2. The van der Waals surface area contributed by atoms with E-state index in [9.17, 15) is 5.11 Å². The number of aliphatic hydroxyl groups excluding tert-OH is 1. The number of allylic oxidation sites excluding steroid dienone is 1. The van der Waals surface area contributed by atoms with Gasteiger partial charge in [0.1, 0.15) is 0 Å². The number of ether oxygens (including phenoxy) is 1. The van der Waals surface area contributed by atoms with Gasteiger partial charge in [0, 0.05) is 24.2 Å². The van der Waals surface area contributed by atoms with Crippen molar-refractivity contribution in [2.24, 2.45) is 11.3 Å². The average Bonchev–Trinajstić information content (AvgIpc) is 3.28. The zero-order valence-corrected chi connectivity index (χ0v) is 18.3. The maximum Gasteiger partial charge on any atom is 0.0974 e. The Balaban J connectivity index is 1.31. The summed E-state index contributed by atoms with van der Waals surface area (Å²) in [6, 6.07) is 9.10.